The van der Waals surface area contributed by atoms with Gasteiger partial charge in [-0.1, -0.05) is 6.07 Å². The standard InChI is InChI=1S/C24H28F2N2O3/c1-28-13-16-10-18(27-23(29)19-12-17(25)5-6-20(19)26)8-9-24(16,14-28)15-4-7-21(30-2)22(11-15)31-3/h4-7,11-12,16,18H,8-10,13-14H2,1-3H3,(H,27,29)/t16-,18+,24-/m1/s1. The monoisotopic (exact) mass is 430 g/mol. The van der Waals surface area contributed by atoms with Crippen molar-refractivity contribution in [3.8, 4) is 11.5 Å². The summed E-state index contributed by atoms with van der Waals surface area (Å²) >= 11 is 0. The molecule has 1 aliphatic heterocycles. The van der Waals surface area contributed by atoms with Gasteiger partial charge in [0.2, 0.25) is 0 Å². The van der Waals surface area contributed by atoms with E-state index >= 15 is 0 Å². The number of fused-ring (bicyclic) bond motifs is 1. The Bertz CT molecular complexity index is 983. The van der Waals surface area contributed by atoms with E-state index in [1.165, 1.54) is 5.56 Å². The van der Waals surface area contributed by atoms with Crippen molar-refractivity contribution in [1.29, 1.82) is 0 Å². The molecule has 1 saturated heterocycles. The summed E-state index contributed by atoms with van der Waals surface area (Å²) in [5.41, 5.74) is 0.917. The Morgan fingerprint density at radius 3 is 2.65 bits per heavy atom. The molecule has 1 amide bonds. The number of hydrogen-bond donors (Lipinski definition) is 1. The number of carbonyl (C=O) groups is 1. The fraction of sp³-hybridized carbons (Fsp3) is 0.458. The van der Waals surface area contributed by atoms with Gasteiger partial charge in [-0.25, -0.2) is 8.78 Å². The molecule has 4 rings (SSSR count). The molecule has 0 aromatic heterocycles. The lowest BCUT2D eigenvalue weighted by atomic mass is 9.63. The number of carbonyl (C=O) groups excluding carboxylic acids is 1. The van der Waals surface area contributed by atoms with Crippen LogP contribution in [0.25, 0.3) is 0 Å². The predicted molar refractivity (Wildman–Crippen MR) is 114 cm³/mol. The van der Waals surface area contributed by atoms with Crippen LogP contribution in [0.1, 0.15) is 35.2 Å². The van der Waals surface area contributed by atoms with Gasteiger partial charge >= 0.3 is 0 Å². The van der Waals surface area contributed by atoms with Crippen LogP contribution >= 0.6 is 0 Å². The van der Waals surface area contributed by atoms with Gasteiger partial charge in [0.25, 0.3) is 5.91 Å². The molecule has 0 spiro atoms. The molecule has 2 aliphatic rings. The smallest absolute Gasteiger partial charge is 0.254 e. The third kappa shape index (κ3) is 3.99. The van der Waals surface area contributed by atoms with Crippen LogP contribution < -0.4 is 14.8 Å². The Morgan fingerprint density at radius 2 is 1.90 bits per heavy atom. The second-order valence-corrected chi connectivity index (χ2v) is 8.69. The summed E-state index contributed by atoms with van der Waals surface area (Å²) < 4.78 is 38.4. The number of nitrogens with zero attached hydrogens (tertiary/aromatic N) is 1. The highest BCUT2D eigenvalue weighted by Crippen LogP contribution is 2.49. The lowest BCUT2D eigenvalue weighted by Crippen LogP contribution is -2.47. The summed E-state index contributed by atoms with van der Waals surface area (Å²) in [6.07, 6.45) is 2.43. The quantitative estimate of drug-likeness (QED) is 0.785. The first kappa shape index (κ1) is 21.6. The van der Waals surface area contributed by atoms with Crippen molar-refractivity contribution in [2.75, 3.05) is 34.4 Å². The van der Waals surface area contributed by atoms with Crippen LogP contribution in [0.5, 0.6) is 11.5 Å². The number of methoxy groups -OCH3 is 2. The van der Waals surface area contributed by atoms with Crippen molar-refractivity contribution in [2.24, 2.45) is 5.92 Å². The maximum atomic E-state index is 14.0. The number of benzene rings is 2. The first-order valence-corrected chi connectivity index (χ1v) is 10.5. The number of likely N-dealkylation sites (tertiary alicyclic amines) is 1. The zero-order valence-corrected chi connectivity index (χ0v) is 18.1. The lowest BCUT2D eigenvalue weighted by Gasteiger charge is -2.43. The minimum Gasteiger partial charge on any atom is -0.493 e. The number of amides is 1. The zero-order valence-electron chi connectivity index (χ0n) is 18.1. The molecular formula is C24H28F2N2O3. The van der Waals surface area contributed by atoms with E-state index in [2.05, 4.69) is 29.4 Å². The van der Waals surface area contributed by atoms with Gasteiger partial charge in [-0.05, 0) is 68.1 Å². The molecule has 1 saturated carbocycles. The fourth-order valence-electron chi connectivity index (χ4n) is 5.39. The van der Waals surface area contributed by atoms with Crippen LogP contribution in [0.4, 0.5) is 8.78 Å². The number of ether oxygens (including phenoxy) is 2. The molecule has 7 heteroatoms. The molecule has 166 valence electrons. The molecule has 0 radical (unpaired) electrons. The van der Waals surface area contributed by atoms with Crippen LogP contribution in [0.3, 0.4) is 0 Å². The van der Waals surface area contributed by atoms with E-state index in [0.717, 1.165) is 50.6 Å². The average molecular weight is 430 g/mol. The van der Waals surface area contributed by atoms with E-state index in [0.29, 0.717) is 17.4 Å². The van der Waals surface area contributed by atoms with Crippen molar-refractivity contribution < 1.29 is 23.0 Å². The normalized spacial score (nSPS) is 25.7. The average Bonchev–Trinajstić information content (AvgIpc) is 3.11. The molecule has 2 aromatic carbocycles. The molecule has 0 unspecified atom stereocenters. The van der Waals surface area contributed by atoms with Crippen LogP contribution in [0.2, 0.25) is 0 Å². The van der Waals surface area contributed by atoms with Crippen molar-refractivity contribution in [3.63, 3.8) is 0 Å². The number of halogens is 2. The third-order valence-corrected chi connectivity index (χ3v) is 6.84. The predicted octanol–water partition coefficient (Wildman–Crippen LogP) is 3.76. The minimum absolute atomic E-state index is 0.0420. The Hall–Kier alpha value is -2.67. The largest absolute Gasteiger partial charge is 0.493 e. The molecule has 5 nitrogen and oxygen atoms in total. The number of rotatable bonds is 5. The highest BCUT2D eigenvalue weighted by atomic mass is 19.1. The van der Waals surface area contributed by atoms with Crippen molar-refractivity contribution in [1.82, 2.24) is 10.2 Å². The zero-order chi connectivity index (χ0) is 22.2. The van der Waals surface area contributed by atoms with E-state index in [-0.39, 0.29) is 17.0 Å². The topological polar surface area (TPSA) is 50.8 Å². The Morgan fingerprint density at radius 1 is 1.13 bits per heavy atom. The van der Waals surface area contributed by atoms with E-state index < -0.39 is 17.5 Å². The maximum Gasteiger partial charge on any atom is 0.254 e. The van der Waals surface area contributed by atoms with Gasteiger partial charge in [-0.2, -0.15) is 0 Å². The Kier molecular flexibility index (Phi) is 5.88. The van der Waals surface area contributed by atoms with E-state index in [1.54, 1.807) is 14.2 Å². The summed E-state index contributed by atoms with van der Waals surface area (Å²) in [6.45, 7) is 1.83. The molecule has 31 heavy (non-hydrogen) atoms. The second-order valence-electron chi connectivity index (χ2n) is 8.69. The third-order valence-electron chi connectivity index (χ3n) is 6.84. The molecule has 2 fully saturated rings. The second kappa shape index (κ2) is 8.46. The van der Waals surface area contributed by atoms with Crippen LogP contribution in [0, 0.1) is 17.6 Å². The van der Waals surface area contributed by atoms with Crippen LogP contribution in [-0.2, 0) is 5.41 Å². The Balaban J connectivity index is 1.55. The Labute approximate surface area is 181 Å². The number of likely N-dealkylation sites (N-methyl/N-ethyl adjacent to an activating group) is 1. The van der Waals surface area contributed by atoms with Gasteiger partial charge in [0.15, 0.2) is 11.5 Å². The van der Waals surface area contributed by atoms with E-state index in [9.17, 15) is 13.6 Å². The molecular weight excluding hydrogens is 402 g/mol. The maximum absolute atomic E-state index is 14.0. The highest BCUT2D eigenvalue weighted by molar-refractivity contribution is 5.94. The van der Waals surface area contributed by atoms with E-state index in [4.69, 9.17) is 9.47 Å². The number of hydrogen-bond acceptors (Lipinski definition) is 4. The van der Waals surface area contributed by atoms with Crippen molar-refractivity contribution in [3.05, 3.63) is 59.2 Å². The van der Waals surface area contributed by atoms with Gasteiger partial charge in [-0.15, -0.1) is 0 Å². The molecule has 0 bridgehead atoms. The molecule has 1 N–H and O–H groups in total. The van der Waals surface area contributed by atoms with E-state index in [1.807, 2.05) is 6.07 Å². The summed E-state index contributed by atoms with van der Waals surface area (Å²) in [5, 5.41) is 2.93. The van der Waals surface area contributed by atoms with Crippen LogP contribution in [0.15, 0.2) is 36.4 Å². The van der Waals surface area contributed by atoms with Crippen LogP contribution in [-0.4, -0.2) is 51.2 Å². The fourth-order valence-corrected chi connectivity index (χ4v) is 5.39. The first-order chi connectivity index (χ1) is 14.9. The summed E-state index contributed by atoms with van der Waals surface area (Å²) in [4.78, 5) is 14.9. The molecule has 3 atom stereocenters. The van der Waals surface area contributed by atoms with Gasteiger partial charge in [0, 0.05) is 24.5 Å². The summed E-state index contributed by atoms with van der Waals surface area (Å²) in [5.74, 6) is -0.169. The van der Waals surface area contributed by atoms with Crippen molar-refractivity contribution in [2.45, 2.75) is 30.7 Å². The summed E-state index contributed by atoms with van der Waals surface area (Å²) in [6, 6.07) is 8.97. The van der Waals surface area contributed by atoms with Gasteiger partial charge in [-0.3, -0.25) is 4.79 Å². The van der Waals surface area contributed by atoms with Gasteiger partial charge in [0.1, 0.15) is 11.6 Å². The molecule has 1 heterocycles. The van der Waals surface area contributed by atoms with Crippen molar-refractivity contribution >= 4 is 5.91 Å². The molecule has 1 aliphatic carbocycles. The van der Waals surface area contributed by atoms with Gasteiger partial charge in [0.05, 0.1) is 19.8 Å². The lowest BCUT2D eigenvalue weighted by molar-refractivity contribution is 0.0900. The number of nitrogens with one attached hydrogen (secondary N) is 1. The minimum atomic E-state index is -0.713. The highest BCUT2D eigenvalue weighted by Gasteiger charge is 2.50. The van der Waals surface area contributed by atoms with Gasteiger partial charge < -0.3 is 19.7 Å². The molecule has 2 aromatic rings. The SMILES string of the molecule is COc1ccc([C@]23CC[C@H](NC(=O)c4cc(F)ccc4F)C[C@@H]2CN(C)C3)cc1OC. The first-order valence-electron chi connectivity index (χ1n) is 10.5. The summed E-state index contributed by atoms with van der Waals surface area (Å²) in [7, 11) is 5.36.